The molecule has 1 aromatic heterocycles. The van der Waals surface area contributed by atoms with Gasteiger partial charge in [-0.25, -0.2) is 4.68 Å². The lowest BCUT2D eigenvalue weighted by Crippen LogP contribution is -2.04. The summed E-state index contributed by atoms with van der Waals surface area (Å²) in [5.41, 5.74) is 8.65. The van der Waals surface area contributed by atoms with E-state index in [1.165, 1.54) is 12.8 Å². The molecule has 1 aromatic carbocycles. The van der Waals surface area contributed by atoms with Crippen LogP contribution in [0, 0.1) is 0 Å². The lowest BCUT2D eigenvalue weighted by atomic mass is 10.2. The van der Waals surface area contributed by atoms with E-state index in [2.05, 4.69) is 17.2 Å². The topological polar surface area (TPSA) is 56.7 Å². The van der Waals surface area contributed by atoms with Crippen LogP contribution < -0.4 is 5.73 Å². The van der Waals surface area contributed by atoms with Crippen LogP contribution in [0.25, 0.3) is 12.2 Å². The number of rotatable bonds is 7. The molecule has 0 fully saturated rings. The number of aromatic nitrogens is 3. The SMILES string of the molecule is CCCCCn1nnc(CN)c1/C=C/c1ccc(Cl)cc1. The Balaban J connectivity index is 2.16. The van der Waals surface area contributed by atoms with Gasteiger partial charge >= 0.3 is 0 Å². The van der Waals surface area contributed by atoms with Gasteiger partial charge in [-0.2, -0.15) is 0 Å². The third kappa shape index (κ3) is 4.41. The zero-order chi connectivity index (χ0) is 15.1. The van der Waals surface area contributed by atoms with Crippen molar-refractivity contribution in [2.45, 2.75) is 39.3 Å². The average molecular weight is 305 g/mol. The molecule has 112 valence electrons. The second-order valence-corrected chi connectivity index (χ2v) is 5.38. The molecule has 4 nitrogen and oxygen atoms in total. The molecule has 0 atom stereocenters. The van der Waals surface area contributed by atoms with E-state index in [1.807, 2.05) is 41.1 Å². The monoisotopic (exact) mass is 304 g/mol. The highest BCUT2D eigenvalue weighted by molar-refractivity contribution is 6.30. The van der Waals surface area contributed by atoms with Gasteiger partial charge in [0, 0.05) is 18.1 Å². The molecule has 0 aliphatic rings. The molecule has 0 saturated heterocycles. The smallest absolute Gasteiger partial charge is 0.104 e. The summed E-state index contributed by atoms with van der Waals surface area (Å²) in [5, 5.41) is 9.09. The molecular weight excluding hydrogens is 284 g/mol. The van der Waals surface area contributed by atoms with E-state index in [9.17, 15) is 0 Å². The zero-order valence-corrected chi connectivity index (χ0v) is 13.1. The number of aryl methyl sites for hydroxylation is 1. The number of nitrogens with two attached hydrogens (primary N) is 1. The molecule has 0 aliphatic carbocycles. The summed E-state index contributed by atoms with van der Waals surface area (Å²) in [5.74, 6) is 0. The van der Waals surface area contributed by atoms with Gasteiger partial charge in [0.15, 0.2) is 0 Å². The van der Waals surface area contributed by atoms with Crippen LogP contribution in [-0.4, -0.2) is 15.0 Å². The van der Waals surface area contributed by atoms with E-state index >= 15 is 0 Å². The Morgan fingerprint density at radius 1 is 1.19 bits per heavy atom. The van der Waals surface area contributed by atoms with Crippen molar-refractivity contribution < 1.29 is 0 Å². The third-order valence-corrected chi connectivity index (χ3v) is 3.57. The molecule has 1 heterocycles. The Morgan fingerprint density at radius 3 is 2.62 bits per heavy atom. The molecule has 0 unspecified atom stereocenters. The van der Waals surface area contributed by atoms with Crippen LogP contribution in [-0.2, 0) is 13.1 Å². The summed E-state index contributed by atoms with van der Waals surface area (Å²) in [6.45, 7) is 3.46. The Bertz CT molecular complexity index is 587. The highest BCUT2D eigenvalue weighted by atomic mass is 35.5. The van der Waals surface area contributed by atoms with Gasteiger partial charge < -0.3 is 5.73 Å². The van der Waals surface area contributed by atoms with E-state index in [-0.39, 0.29) is 0 Å². The largest absolute Gasteiger partial charge is 0.325 e. The fourth-order valence-corrected chi connectivity index (χ4v) is 2.24. The maximum absolute atomic E-state index is 5.89. The van der Waals surface area contributed by atoms with Crippen LogP contribution in [0.2, 0.25) is 5.02 Å². The predicted molar refractivity (Wildman–Crippen MR) is 87.8 cm³/mol. The van der Waals surface area contributed by atoms with Crippen molar-refractivity contribution in [3.05, 3.63) is 46.2 Å². The molecule has 0 bridgehead atoms. The first-order valence-electron chi connectivity index (χ1n) is 7.30. The molecule has 0 spiro atoms. The van der Waals surface area contributed by atoms with E-state index in [1.54, 1.807) is 0 Å². The van der Waals surface area contributed by atoms with Crippen LogP contribution >= 0.6 is 11.6 Å². The van der Waals surface area contributed by atoms with Crippen LogP contribution in [0.4, 0.5) is 0 Å². The van der Waals surface area contributed by atoms with Crippen molar-refractivity contribution >= 4 is 23.8 Å². The van der Waals surface area contributed by atoms with Gasteiger partial charge in [-0.05, 0) is 30.2 Å². The van der Waals surface area contributed by atoms with E-state index < -0.39 is 0 Å². The Hall–Kier alpha value is -1.65. The highest BCUT2D eigenvalue weighted by Crippen LogP contribution is 2.14. The summed E-state index contributed by atoms with van der Waals surface area (Å²) < 4.78 is 1.93. The van der Waals surface area contributed by atoms with Crippen molar-refractivity contribution in [3.63, 3.8) is 0 Å². The lowest BCUT2D eigenvalue weighted by Gasteiger charge is -2.03. The Morgan fingerprint density at radius 2 is 1.95 bits per heavy atom. The van der Waals surface area contributed by atoms with Crippen LogP contribution in [0.5, 0.6) is 0 Å². The minimum atomic E-state index is 0.397. The van der Waals surface area contributed by atoms with Gasteiger partial charge in [0.1, 0.15) is 5.69 Å². The van der Waals surface area contributed by atoms with Crippen LogP contribution in [0.1, 0.15) is 43.1 Å². The second-order valence-electron chi connectivity index (χ2n) is 4.94. The minimum Gasteiger partial charge on any atom is -0.325 e. The Kier molecular flexibility index (Phi) is 5.96. The van der Waals surface area contributed by atoms with Crippen molar-refractivity contribution in [1.29, 1.82) is 0 Å². The molecule has 0 amide bonds. The molecule has 0 radical (unpaired) electrons. The van der Waals surface area contributed by atoms with Gasteiger partial charge in [-0.15, -0.1) is 5.10 Å². The lowest BCUT2D eigenvalue weighted by molar-refractivity contribution is 0.534. The second kappa shape index (κ2) is 7.96. The standard InChI is InChI=1S/C16H21ClN4/c1-2-3-4-11-21-16(15(12-18)19-20-21)10-7-13-5-8-14(17)9-6-13/h5-10H,2-4,11-12,18H2,1H3/b10-7+. The Labute approximate surface area is 130 Å². The van der Waals surface area contributed by atoms with E-state index in [4.69, 9.17) is 17.3 Å². The molecule has 2 aromatic rings. The fraction of sp³-hybridized carbons (Fsp3) is 0.375. The van der Waals surface area contributed by atoms with Gasteiger partial charge in [0.05, 0.1) is 5.69 Å². The minimum absolute atomic E-state index is 0.397. The number of unbranched alkanes of at least 4 members (excludes halogenated alkanes) is 2. The number of nitrogens with zero attached hydrogens (tertiary/aromatic N) is 3. The van der Waals surface area contributed by atoms with E-state index in [0.29, 0.717) is 6.54 Å². The molecular formula is C16H21ClN4. The number of hydrogen-bond donors (Lipinski definition) is 1. The maximum atomic E-state index is 5.89. The molecule has 2 N–H and O–H groups in total. The van der Waals surface area contributed by atoms with Crippen molar-refractivity contribution in [2.24, 2.45) is 5.73 Å². The zero-order valence-electron chi connectivity index (χ0n) is 12.3. The van der Waals surface area contributed by atoms with Crippen molar-refractivity contribution in [2.75, 3.05) is 0 Å². The van der Waals surface area contributed by atoms with Gasteiger partial charge in [-0.3, -0.25) is 0 Å². The highest BCUT2D eigenvalue weighted by Gasteiger charge is 2.08. The van der Waals surface area contributed by atoms with Crippen molar-refractivity contribution in [3.8, 4) is 0 Å². The maximum Gasteiger partial charge on any atom is 0.104 e. The number of halogens is 1. The van der Waals surface area contributed by atoms with E-state index in [0.717, 1.165) is 34.9 Å². The average Bonchev–Trinajstić information content (AvgIpc) is 2.89. The summed E-state index contributed by atoms with van der Waals surface area (Å²) in [6.07, 6.45) is 7.54. The fourth-order valence-electron chi connectivity index (χ4n) is 2.11. The van der Waals surface area contributed by atoms with Gasteiger partial charge in [0.25, 0.3) is 0 Å². The number of benzene rings is 1. The summed E-state index contributed by atoms with van der Waals surface area (Å²) in [6, 6.07) is 7.71. The summed E-state index contributed by atoms with van der Waals surface area (Å²) in [4.78, 5) is 0. The molecule has 0 saturated carbocycles. The van der Waals surface area contributed by atoms with Crippen molar-refractivity contribution in [1.82, 2.24) is 15.0 Å². The van der Waals surface area contributed by atoms with Crippen LogP contribution in [0.3, 0.4) is 0 Å². The number of hydrogen-bond acceptors (Lipinski definition) is 3. The normalized spacial score (nSPS) is 11.4. The predicted octanol–water partition coefficient (Wildman–Crippen LogP) is 3.75. The molecule has 21 heavy (non-hydrogen) atoms. The first-order chi connectivity index (χ1) is 10.2. The molecule has 0 aliphatic heterocycles. The quantitative estimate of drug-likeness (QED) is 0.793. The van der Waals surface area contributed by atoms with Gasteiger partial charge in [0.2, 0.25) is 0 Å². The first kappa shape index (κ1) is 15.7. The first-order valence-corrected chi connectivity index (χ1v) is 7.68. The molecule has 5 heteroatoms. The summed E-state index contributed by atoms with van der Waals surface area (Å²) in [7, 11) is 0. The third-order valence-electron chi connectivity index (χ3n) is 3.32. The van der Waals surface area contributed by atoms with Gasteiger partial charge in [-0.1, -0.05) is 54.8 Å². The summed E-state index contributed by atoms with van der Waals surface area (Å²) >= 11 is 5.89. The molecule has 2 rings (SSSR count). The van der Waals surface area contributed by atoms with Crippen LogP contribution in [0.15, 0.2) is 24.3 Å².